The molecule has 5 rings (SSSR count). The van der Waals surface area contributed by atoms with E-state index < -0.39 is 16.9 Å². The number of ether oxygens (including phenoxy) is 2. The molecule has 0 radical (unpaired) electrons. The number of carbonyl (C=O) groups is 1. The van der Waals surface area contributed by atoms with Crippen LogP contribution in [0.5, 0.6) is 5.75 Å². The molecule has 1 aliphatic heterocycles. The molecular weight excluding hydrogens is 737 g/mol. The molecule has 214 valence electrons. The van der Waals surface area contributed by atoms with Crippen molar-refractivity contribution in [3.05, 3.63) is 133 Å². The molecule has 0 saturated carbocycles. The third-order valence-electron chi connectivity index (χ3n) is 6.61. The Bertz CT molecular complexity index is 1880. The maximum Gasteiger partial charge on any atom is 0.338 e. The molecule has 0 spiro atoms. The van der Waals surface area contributed by atoms with Crippen molar-refractivity contribution in [3.63, 3.8) is 0 Å². The van der Waals surface area contributed by atoms with E-state index >= 15 is 0 Å². The second-order valence-electron chi connectivity index (χ2n) is 9.22. The van der Waals surface area contributed by atoms with Gasteiger partial charge in [0.1, 0.15) is 12.4 Å². The summed E-state index contributed by atoms with van der Waals surface area (Å²) in [6.45, 7) is 2.15. The molecule has 0 saturated heterocycles. The van der Waals surface area contributed by atoms with Gasteiger partial charge in [0.15, 0.2) is 4.80 Å². The Morgan fingerprint density at radius 3 is 2.52 bits per heavy atom. The highest BCUT2D eigenvalue weighted by molar-refractivity contribution is 14.1. The van der Waals surface area contributed by atoms with E-state index in [0.29, 0.717) is 37.2 Å². The molecular formula is C30H23BrIN3O6S. The fraction of sp³-hybridized carbons (Fsp3) is 0.167. The van der Waals surface area contributed by atoms with Gasteiger partial charge in [0.25, 0.3) is 11.2 Å². The fourth-order valence-electron chi connectivity index (χ4n) is 4.64. The standard InChI is InChI=1S/C30H23BrIN3O6S/c1-3-23-25(29(37)40-2)26(19-7-5-4-6-8-19)34-28(36)24(42-30(34)33-23)15-18-13-21(31)27(22(32)14-18)41-16-17-9-11-20(12-10-17)35(38)39/h4-15,26H,3,16H2,1-2H3/b24-15-/t26-/m0/s1. The quantitative estimate of drug-likeness (QED) is 0.0994. The molecule has 0 N–H and O–H groups in total. The minimum absolute atomic E-state index is 0.0201. The van der Waals surface area contributed by atoms with Gasteiger partial charge in [0.2, 0.25) is 0 Å². The summed E-state index contributed by atoms with van der Waals surface area (Å²) in [6, 6.07) is 18.7. The number of hydrogen-bond acceptors (Lipinski definition) is 8. The molecule has 0 bridgehead atoms. The van der Waals surface area contributed by atoms with Crippen LogP contribution in [-0.2, 0) is 16.1 Å². The maximum atomic E-state index is 13.8. The number of nitro groups is 1. The number of thiazole rings is 1. The van der Waals surface area contributed by atoms with Crippen molar-refractivity contribution in [2.24, 2.45) is 4.99 Å². The molecule has 0 amide bonds. The molecule has 3 aromatic carbocycles. The van der Waals surface area contributed by atoms with E-state index in [4.69, 9.17) is 14.5 Å². The number of non-ortho nitro benzene ring substituents is 1. The molecule has 2 heterocycles. The van der Waals surface area contributed by atoms with E-state index in [1.807, 2.05) is 49.4 Å². The normalized spacial score (nSPS) is 14.8. The van der Waals surface area contributed by atoms with Gasteiger partial charge >= 0.3 is 5.97 Å². The molecule has 12 heteroatoms. The van der Waals surface area contributed by atoms with Crippen LogP contribution in [0.3, 0.4) is 0 Å². The van der Waals surface area contributed by atoms with Crippen molar-refractivity contribution in [2.45, 2.75) is 26.0 Å². The number of rotatable bonds is 8. The summed E-state index contributed by atoms with van der Waals surface area (Å²) in [7, 11) is 1.33. The van der Waals surface area contributed by atoms with Crippen LogP contribution in [0.4, 0.5) is 5.69 Å². The summed E-state index contributed by atoms with van der Waals surface area (Å²) in [6.07, 6.45) is 2.30. The van der Waals surface area contributed by atoms with Gasteiger partial charge in [-0.2, -0.15) is 0 Å². The van der Waals surface area contributed by atoms with Crippen LogP contribution >= 0.6 is 49.9 Å². The van der Waals surface area contributed by atoms with Gasteiger partial charge in [-0.1, -0.05) is 48.6 Å². The number of methoxy groups -OCH3 is 1. The number of fused-ring (bicyclic) bond motifs is 1. The molecule has 42 heavy (non-hydrogen) atoms. The zero-order valence-corrected chi connectivity index (χ0v) is 26.9. The topological polar surface area (TPSA) is 113 Å². The molecule has 9 nitrogen and oxygen atoms in total. The highest BCUT2D eigenvalue weighted by Crippen LogP contribution is 2.34. The van der Waals surface area contributed by atoms with Crippen LogP contribution in [0.1, 0.15) is 36.1 Å². The minimum atomic E-state index is -0.658. The summed E-state index contributed by atoms with van der Waals surface area (Å²) >= 11 is 7.02. The summed E-state index contributed by atoms with van der Waals surface area (Å²) in [5.74, 6) is 0.105. The van der Waals surface area contributed by atoms with E-state index in [0.717, 1.165) is 20.3 Å². The molecule has 4 aromatic rings. The second-order valence-corrected chi connectivity index (χ2v) is 12.3. The number of allylic oxidation sites excluding steroid dienone is 1. The lowest BCUT2D eigenvalue weighted by Crippen LogP contribution is -2.40. The molecule has 0 fully saturated rings. The number of hydrogen-bond donors (Lipinski definition) is 0. The Morgan fingerprint density at radius 2 is 1.90 bits per heavy atom. The number of nitro benzene ring substituents is 1. The molecule has 1 aliphatic rings. The number of halogens is 2. The van der Waals surface area contributed by atoms with E-state index in [1.54, 1.807) is 22.8 Å². The Kier molecular flexibility index (Phi) is 9.04. The lowest BCUT2D eigenvalue weighted by Gasteiger charge is -2.25. The lowest BCUT2D eigenvalue weighted by atomic mass is 9.95. The molecule has 0 aliphatic carbocycles. The fourth-order valence-corrected chi connectivity index (χ4v) is 7.43. The third kappa shape index (κ3) is 5.96. The smallest absolute Gasteiger partial charge is 0.338 e. The van der Waals surface area contributed by atoms with E-state index in [1.165, 1.54) is 30.6 Å². The van der Waals surface area contributed by atoms with Gasteiger partial charge in [0, 0.05) is 12.1 Å². The minimum Gasteiger partial charge on any atom is -0.487 e. The van der Waals surface area contributed by atoms with Crippen molar-refractivity contribution >= 4 is 67.6 Å². The Hall–Kier alpha value is -3.62. The van der Waals surface area contributed by atoms with Crippen LogP contribution in [-0.4, -0.2) is 22.6 Å². The van der Waals surface area contributed by atoms with Gasteiger partial charge in [-0.3, -0.25) is 19.5 Å². The van der Waals surface area contributed by atoms with Crippen molar-refractivity contribution in [3.8, 4) is 5.75 Å². The summed E-state index contributed by atoms with van der Waals surface area (Å²) in [5.41, 5.74) is 3.07. The van der Waals surface area contributed by atoms with Gasteiger partial charge in [0.05, 0.1) is 41.9 Å². The number of esters is 1. The lowest BCUT2D eigenvalue weighted by molar-refractivity contribution is -0.384. The SMILES string of the molecule is CCC1=C(C(=O)OC)[C@H](c2ccccc2)n2c(s/c(=C\c3cc(Br)c(OCc4ccc([N+](=O)[O-])cc4)c(I)c3)c2=O)=N1. The number of carbonyl (C=O) groups excluding carboxylic acids is 1. The van der Waals surface area contributed by atoms with Crippen molar-refractivity contribution in [1.29, 1.82) is 0 Å². The summed E-state index contributed by atoms with van der Waals surface area (Å²) in [5, 5.41) is 10.9. The van der Waals surface area contributed by atoms with Crippen LogP contribution in [0, 0.1) is 13.7 Å². The first-order valence-electron chi connectivity index (χ1n) is 12.7. The summed E-state index contributed by atoms with van der Waals surface area (Å²) in [4.78, 5) is 42.4. The van der Waals surface area contributed by atoms with Gasteiger partial charge < -0.3 is 9.47 Å². The highest BCUT2D eigenvalue weighted by atomic mass is 127. The van der Waals surface area contributed by atoms with Crippen molar-refractivity contribution < 1.29 is 19.2 Å². The average molecular weight is 760 g/mol. The molecule has 1 atom stereocenters. The van der Waals surface area contributed by atoms with Gasteiger partial charge in [-0.15, -0.1) is 0 Å². The monoisotopic (exact) mass is 759 g/mol. The highest BCUT2D eigenvalue weighted by Gasteiger charge is 2.33. The van der Waals surface area contributed by atoms with Crippen molar-refractivity contribution in [1.82, 2.24) is 4.57 Å². The van der Waals surface area contributed by atoms with Crippen molar-refractivity contribution in [2.75, 3.05) is 7.11 Å². The Labute approximate surface area is 266 Å². The number of aromatic nitrogens is 1. The first-order chi connectivity index (χ1) is 20.2. The largest absolute Gasteiger partial charge is 0.487 e. The third-order valence-corrected chi connectivity index (χ3v) is 8.99. The van der Waals surface area contributed by atoms with E-state index in [9.17, 15) is 19.7 Å². The Balaban J connectivity index is 1.52. The average Bonchev–Trinajstić information content (AvgIpc) is 3.30. The van der Waals surface area contributed by atoms with Gasteiger partial charge in [-0.25, -0.2) is 9.79 Å². The number of nitrogens with zero attached hydrogens (tertiary/aromatic N) is 3. The predicted octanol–water partition coefficient (Wildman–Crippen LogP) is 5.65. The predicted molar refractivity (Wildman–Crippen MR) is 171 cm³/mol. The van der Waals surface area contributed by atoms with Crippen LogP contribution in [0.25, 0.3) is 6.08 Å². The first-order valence-corrected chi connectivity index (χ1v) is 15.4. The first kappa shape index (κ1) is 29.9. The van der Waals surface area contributed by atoms with Gasteiger partial charge in [-0.05, 0) is 92.0 Å². The Morgan fingerprint density at radius 1 is 1.19 bits per heavy atom. The number of benzene rings is 3. The maximum absolute atomic E-state index is 13.8. The van der Waals surface area contributed by atoms with E-state index in [2.05, 4.69) is 38.5 Å². The zero-order valence-electron chi connectivity index (χ0n) is 22.4. The van der Waals surface area contributed by atoms with Crippen LogP contribution in [0.2, 0.25) is 0 Å². The second kappa shape index (κ2) is 12.7. The molecule has 1 aromatic heterocycles. The molecule has 0 unspecified atom stereocenters. The van der Waals surface area contributed by atoms with Crippen LogP contribution in [0.15, 0.2) is 92.3 Å². The van der Waals surface area contributed by atoms with E-state index in [-0.39, 0.29) is 17.9 Å². The zero-order chi connectivity index (χ0) is 30.0. The van der Waals surface area contributed by atoms with Crippen LogP contribution < -0.4 is 19.6 Å². The summed E-state index contributed by atoms with van der Waals surface area (Å²) < 4.78 is 14.7.